The van der Waals surface area contributed by atoms with Crippen LogP contribution in [0.1, 0.15) is 43.0 Å². The fourth-order valence-corrected chi connectivity index (χ4v) is 3.03. The van der Waals surface area contributed by atoms with E-state index in [1.54, 1.807) is 10.7 Å². The van der Waals surface area contributed by atoms with Gasteiger partial charge in [-0.15, -0.1) is 5.10 Å². The fourth-order valence-electron chi connectivity index (χ4n) is 3.03. The molecule has 1 amide bonds. The standard InChI is InChI=1S/C18H26N6O2/c1-4-22-8-10-23(11-9-22)18(25)15-6-5-7-16(12-15)26-13-17-19-20-21-24(17)14(2)3/h5-7,12,14H,4,8-11,13H2,1-3H3. The third-order valence-corrected chi connectivity index (χ3v) is 4.61. The zero-order valence-corrected chi connectivity index (χ0v) is 15.6. The van der Waals surface area contributed by atoms with Crippen LogP contribution in [-0.2, 0) is 6.61 Å². The van der Waals surface area contributed by atoms with E-state index in [0.29, 0.717) is 17.1 Å². The van der Waals surface area contributed by atoms with Gasteiger partial charge < -0.3 is 14.5 Å². The fraction of sp³-hybridized carbons (Fsp3) is 0.556. The Hall–Kier alpha value is -2.48. The van der Waals surface area contributed by atoms with Crippen LogP contribution in [0.25, 0.3) is 0 Å². The summed E-state index contributed by atoms with van der Waals surface area (Å²) < 4.78 is 7.54. The zero-order valence-electron chi connectivity index (χ0n) is 15.6. The van der Waals surface area contributed by atoms with Crippen molar-refractivity contribution in [1.29, 1.82) is 0 Å². The minimum absolute atomic E-state index is 0.0539. The minimum atomic E-state index is 0.0539. The molecule has 26 heavy (non-hydrogen) atoms. The van der Waals surface area contributed by atoms with Crippen molar-refractivity contribution in [3.8, 4) is 5.75 Å². The summed E-state index contributed by atoms with van der Waals surface area (Å²) in [5, 5.41) is 11.6. The van der Waals surface area contributed by atoms with Crippen molar-refractivity contribution in [3.05, 3.63) is 35.7 Å². The summed E-state index contributed by atoms with van der Waals surface area (Å²) in [4.78, 5) is 17.0. The van der Waals surface area contributed by atoms with E-state index in [0.717, 1.165) is 32.7 Å². The maximum Gasteiger partial charge on any atom is 0.254 e. The number of hydrogen-bond acceptors (Lipinski definition) is 6. The van der Waals surface area contributed by atoms with E-state index in [4.69, 9.17) is 4.74 Å². The molecule has 0 aliphatic carbocycles. The molecule has 1 saturated heterocycles. The van der Waals surface area contributed by atoms with Crippen molar-refractivity contribution in [2.24, 2.45) is 0 Å². The molecule has 3 rings (SSSR count). The van der Waals surface area contributed by atoms with Gasteiger partial charge in [0.2, 0.25) is 0 Å². The number of rotatable bonds is 6. The molecule has 1 aliphatic rings. The number of aromatic nitrogens is 4. The molecule has 8 nitrogen and oxygen atoms in total. The number of piperazine rings is 1. The first-order valence-electron chi connectivity index (χ1n) is 9.09. The number of amides is 1. The van der Waals surface area contributed by atoms with Crippen LogP contribution in [0.15, 0.2) is 24.3 Å². The molecule has 2 aromatic rings. The predicted octanol–water partition coefficient (Wildman–Crippen LogP) is 1.61. The van der Waals surface area contributed by atoms with Crippen LogP contribution in [0.4, 0.5) is 0 Å². The van der Waals surface area contributed by atoms with Gasteiger partial charge in [0.25, 0.3) is 5.91 Å². The van der Waals surface area contributed by atoms with Crippen LogP contribution in [0.3, 0.4) is 0 Å². The molecule has 140 valence electrons. The Kier molecular flexibility index (Phi) is 5.82. The summed E-state index contributed by atoms with van der Waals surface area (Å²) in [5.41, 5.74) is 0.649. The van der Waals surface area contributed by atoms with E-state index in [2.05, 4.69) is 27.3 Å². The van der Waals surface area contributed by atoms with Crippen LogP contribution in [0.5, 0.6) is 5.75 Å². The molecule has 2 heterocycles. The Bertz CT molecular complexity index is 737. The van der Waals surface area contributed by atoms with Crippen molar-refractivity contribution >= 4 is 5.91 Å². The molecule has 0 radical (unpaired) electrons. The lowest BCUT2D eigenvalue weighted by atomic mass is 10.1. The zero-order chi connectivity index (χ0) is 18.5. The molecular weight excluding hydrogens is 332 g/mol. The number of ether oxygens (including phenoxy) is 1. The highest BCUT2D eigenvalue weighted by Crippen LogP contribution is 2.17. The lowest BCUT2D eigenvalue weighted by Crippen LogP contribution is -2.48. The van der Waals surface area contributed by atoms with Gasteiger partial charge in [-0.3, -0.25) is 4.79 Å². The maximum absolute atomic E-state index is 12.7. The summed E-state index contributed by atoms with van der Waals surface area (Å²) >= 11 is 0. The van der Waals surface area contributed by atoms with Gasteiger partial charge in [0.1, 0.15) is 12.4 Å². The highest BCUT2D eigenvalue weighted by molar-refractivity contribution is 5.94. The van der Waals surface area contributed by atoms with E-state index in [-0.39, 0.29) is 18.6 Å². The van der Waals surface area contributed by atoms with Crippen LogP contribution in [-0.4, -0.2) is 68.6 Å². The van der Waals surface area contributed by atoms with Crippen LogP contribution < -0.4 is 4.74 Å². The van der Waals surface area contributed by atoms with Gasteiger partial charge in [-0.2, -0.15) is 0 Å². The highest BCUT2D eigenvalue weighted by Gasteiger charge is 2.21. The Morgan fingerprint density at radius 2 is 2.00 bits per heavy atom. The van der Waals surface area contributed by atoms with Gasteiger partial charge in [-0.05, 0) is 49.0 Å². The SMILES string of the molecule is CCN1CCN(C(=O)c2cccc(OCc3nnnn3C(C)C)c2)CC1. The van der Waals surface area contributed by atoms with Gasteiger partial charge in [0.15, 0.2) is 5.82 Å². The molecular formula is C18H26N6O2. The van der Waals surface area contributed by atoms with Gasteiger partial charge in [-0.1, -0.05) is 13.0 Å². The number of carbonyl (C=O) groups is 1. The van der Waals surface area contributed by atoms with Gasteiger partial charge in [0, 0.05) is 31.7 Å². The Labute approximate surface area is 153 Å². The van der Waals surface area contributed by atoms with Crippen molar-refractivity contribution in [3.63, 3.8) is 0 Å². The summed E-state index contributed by atoms with van der Waals surface area (Å²) in [6, 6.07) is 7.47. The second kappa shape index (κ2) is 8.27. The number of hydrogen-bond donors (Lipinski definition) is 0. The van der Waals surface area contributed by atoms with Crippen LogP contribution >= 0.6 is 0 Å². The normalized spacial score (nSPS) is 15.5. The van der Waals surface area contributed by atoms with Crippen molar-refractivity contribution in [2.75, 3.05) is 32.7 Å². The number of benzene rings is 1. The molecule has 0 N–H and O–H groups in total. The van der Waals surface area contributed by atoms with Crippen molar-refractivity contribution in [1.82, 2.24) is 30.0 Å². The molecule has 8 heteroatoms. The first-order valence-corrected chi connectivity index (χ1v) is 9.09. The molecule has 0 spiro atoms. The van der Waals surface area contributed by atoms with E-state index in [9.17, 15) is 4.79 Å². The summed E-state index contributed by atoms with van der Waals surface area (Å²) in [6.07, 6.45) is 0. The summed E-state index contributed by atoms with van der Waals surface area (Å²) in [6.45, 7) is 10.8. The number of carbonyl (C=O) groups excluding carboxylic acids is 1. The summed E-state index contributed by atoms with van der Waals surface area (Å²) in [7, 11) is 0. The Balaban J connectivity index is 1.63. The van der Waals surface area contributed by atoms with Gasteiger partial charge >= 0.3 is 0 Å². The molecule has 0 bridgehead atoms. The van der Waals surface area contributed by atoms with E-state index < -0.39 is 0 Å². The van der Waals surface area contributed by atoms with Gasteiger partial charge in [-0.25, -0.2) is 4.68 Å². The van der Waals surface area contributed by atoms with E-state index in [1.807, 2.05) is 36.9 Å². The Morgan fingerprint density at radius 1 is 1.23 bits per heavy atom. The van der Waals surface area contributed by atoms with Crippen molar-refractivity contribution < 1.29 is 9.53 Å². The van der Waals surface area contributed by atoms with Crippen LogP contribution in [0, 0.1) is 0 Å². The predicted molar refractivity (Wildman–Crippen MR) is 97.0 cm³/mol. The molecule has 1 aliphatic heterocycles. The monoisotopic (exact) mass is 358 g/mol. The molecule has 0 atom stereocenters. The molecule has 1 aromatic carbocycles. The number of tetrazole rings is 1. The number of nitrogens with zero attached hydrogens (tertiary/aromatic N) is 6. The third kappa shape index (κ3) is 4.19. The average molecular weight is 358 g/mol. The smallest absolute Gasteiger partial charge is 0.254 e. The number of likely N-dealkylation sites (N-methyl/N-ethyl adjacent to an activating group) is 1. The molecule has 0 unspecified atom stereocenters. The average Bonchev–Trinajstić information content (AvgIpc) is 3.15. The quantitative estimate of drug-likeness (QED) is 0.781. The lowest BCUT2D eigenvalue weighted by Gasteiger charge is -2.34. The molecule has 1 fully saturated rings. The van der Waals surface area contributed by atoms with Gasteiger partial charge in [0.05, 0.1) is 6.04 Å². The molecule has 0 saturated carbocycles. The van der Waals surface area contributed by atoms with Crippen molar-refractivity contribution in [2.45, 2.75) is 33.4 Å². The van der Waals surface area contributed by atoms with E-state index in [1.165, 1.54) is 0 Å². The lowest BCUT2D eigenvalue weighted by molar-refractivity contribution is 0.0643. The molecule has 1 aromatic heterocycles. The minimum Gasteiger partial charge on any atom is -0.486 e. The van der Waals surface area contributed by atoms with Crippen LogP contribution in [0.2, 0.25) is 0 Å². The first kappa shape index (κ1) is 18.3. The second-order valence-corrected chi connectivity index (χ2v) is 6.68. The Morgan fingerprint density at radius 3 is 2.69 bits per heavy atom. The highest BCUT2D eigenvalue weighted by atomic mass is 16.5. The first-order chi connectivity index (χ1) is 12.6. The maximum atomic E-state index is 12.7. The van der Waals surface area contributed by atoms with E-state index >= 15 is 0 Å². The third-order valence-electron chi connectivity index (χ3n) is 4.61. The largest absolute Gasteiger partial charge is 0.486 e. The topological polar surface area (TPSA) is 76.4 Å². The summed E-state index contributed by atoms with van der Waals surface area (Å²) in [5.74, 6) is 1.35. The second-order valence-electron chi connectivity index (χ2n) is 6.68.